The van der Waals surface area contributed by atoms with Gasteiger partial charge in [0.2, 0.25) is 11.7 Å². The monoisotopic (exact) mass is 442 g/mol. The molecular weight excluding hydrogens is 418 g/mol. The van der Waals surface area contributed by atoms with Crippen LogP contribution in [0.25, 0.3) is 11.3 Å². The second kappa shape index (κ2) is 8.23. The van der Waals surface area contributed by atoms with E-state index >= 15 is 0 Å². The number of hydrogen-bond acceptors (Lipinski definition) is 7. The van der Waals surface area contributed by atoms with Crippen LogP contribution in [0.15, 0.2) is 24.4 Å². The van der Waals surface area contributed by atoms with Gasteiger partial charge < -0.3 is 10.6 Å². The average Bonchev–Trinajstić information content (AvgIpc) is 3.09. The highest BCUT2D eigenvalue weighted by Gasteiger charge is 2.29. The minimum absolute atomic E-state index is 0.207. The number of anilines is 3. The summed E-state index contributed by atoms with van der Waals surface area (Å²) in [6.07, 6.45) is 1.59. The molecular formula is C21H24F2N8O. The Morgan fingerprint density at radius 3 is 2.66 bits per heavy atom. The Bertz CT molecular complexity index is 1170. The highest BCUT2D eigenvalue weighted by molar-refractivity contribution is 5.89. The summed E-state index contributed by atoms with van der Waals surface area (Å²) in [5.74, 6) is -3.50. The van der Waals surface area contributed by atoms with E-state index in [4.69, 9.17) is 5.10 Å². The number of carbonyl (C=O) groups excluding carboxylic acids is 1. The number of alkyl halides is 2. The number of halogens is 2. The normalized spacial score (nSPS) is 14.2. The van der Waals surface area contributed by atoms with Crippen LogP contribution in [0.2, 0.25) is 0 Å². The highest BCUT2D eigenvalue weighted by Crippen LogP contribution is 2.33. The molecule has 2 N–H and O–H groups in total. The van der Waals surface area contributed by atoms with Crippen LogP contribution in [0.3, 0.4) is 0 Å². The summed E-state index contributed by atoms with van der Waals surface area (Å²) in [4.78, 5) is 25.8. The number of likely N-dealkylation sites (N-methyl/N-ethyl adjacent to an activating group) is 1. The fourth-order valence-electron chi connectivity index (χ4n) is 3.51. The van der Waals surface area contributed by atoms with Crippen molar-refractivity contribution in [3.63, 3.8) is 0 Å². The van der Waals surface area contributed by atoms with Crippen LogP contribution in [0, 0.1) is 6.92 Å². The summed E-state index contributed by atoms with van der Waals surface area (Å²) < 4.78 is 29.6. The number of nitrogens with one attached hydrogen (secondary N) is 2. The smallest absolute Gasteiger partial charge is 0.303 e. The largest absolute Gasteiger partial charge is 0.339 e. The predicted molar refractivity (Wildman–Crippen MR) is 116 cm³/mol. The van der Waals surface area contributed by atoms with Crippen molar-refractivity contribution in [3.8, 4) is 11.3 Å². The molecule has 9 nitrogen and oxygen atoms in total. The van der Waals surface area contributed by atoms with Crippen LogP contribution < -0.4 is 10.6 Å². The molecule has 0 saturated heterocycles. The lowest BCUT2D eigenvalue weighted by atomic mass is 10.1. The first kappa shape index (κ1) is 21.8. The lowest BCUT2D eigenvalue weighted by Gasteiger charge is -2.22. The van der Waals surface area contributed by atoms with E-state index in [0.29, 0.717) is 28.5 Å². The van der Waals surface area contributed by atoms with Gasteiger partial charge in [0, 0.05) is 56.5 Å². The molecule has 1 amide bonds. The maximum atomic E-state index is 13.8. The number of nitrogens with zero attached hydrogens (tertiary/aromatic N) is 6. The summed E-state index contributed by atoms with van der Waals surface area (Å²) in [5.41, 5.74) is 3.33. The topological polar surface area (TPSA) is 101 Å². The fraction of sp³-hybridized carbons (Fsp3) is 0.381. The number of fused-ring (bicyclic) bond motifs is 1. The van der Waals surface area contributed by atoms with E-state index in [9.17, 15) is 13.6 Å². The molecule has 0 atom stereocenters. The Kier molecular flexibility index (Phi) is 5.59. The van der Waals surface area contributed by atoms with Crippen molar-refractivity contribution in [2.24, 2.45) is 0 Å². The van der Waals surface area contributed by atoms with Gasteiger partial charge >= 0.3 is 5.92 Å². The molecule has 3 aromatic rings. The average molecular weight is 442 g/mol. The first-order chi connectivity index (χ1) is 15.1. The van der Waals surface area contributed by atoms with Crippen LogP contribution in [-0.4, -0.2) is 49.1 Å². The van der Waals surface area contributed by atoms with E-state index in [0.717, 1.165) is 32.3 Å². The minimum atomic E-state index is -3.18. The molecule has 1 aliphatic heterocycles. The fourth-order valence-corrected chi connectivity index (χ4v) is 3.51. The summed E-state index contributed by atoms with van der Waals surface area (Å²) in [6, 6.07) is 5.18. The van der Waals surface area contributed by atoms with Crippen molar-refractivity contribution in [1.29, 1.82) is 0 Å². The maximum Gasteiger partial charge on any atom is 0.303 e. The zero-order valence-electron chi connectivity index (χ0n) is 18.3. The van der Waals surface area contributed by atoms with Crippen LogP contribution >= 0.6 is 0 Å². The van der Waals surface area contributed by atoms with Crippen molar-refractivity contribution in [1.82, 2.24) is 29.6 Å². The third kappa shape index (κ3) is 4.72. The number of amides is 1. The molecule has 0 aliphatic carbocycles. The second-order valence-electron chi connectivity index (χ2n) is 8.01. The van der Waals surface area contributed by atoms with E-state index in [1.807, 2.05) is 17.8 Å². The number of pyridine rings is 1. The SMILES string of the molecule is CC(=O)Nc1cc(Nc2cc(C)nc(C(C)(F)F)n2)c(-c2cc3n(n2)CCN(C)C3)cn1. The molecule has 0 unspecified atom stereocenters. The van der Waals surface area contributed by atoms with Crippen molar-refractivity contribution in [3.05, 3.63) is 41.6 Å². The van der Waals surface area contributed by atoms with Gasteiger partial charge in [-0.2, -0.15) is 13.9 Å². The first-order valence-corrected chi connectivity index (χ1v) is 10.1. The Morgan fingerprint density at radius 1 is 1.16 bits per heavy atom. The van der Waals surface area contributed by atoms with Crippen LogP contribution in [0.1, 0.15) is 31.1 Å². The first-order valence-electron chi connectivity index (χ1n) is 10.1. The van der Waals surface area contributed by atoms with Crippen LogP contribution in [0.5, 0.6) is 0 Å². The summed E-state index contributed by atoms with van der Waals surface area (Å²) in [7, 11) is 2.05. The Hall–Kier alpha value is -3.47. The Labute approximate surface area is 183 Å². The van der Waals surface area contributed by atoms with E-state index < -0.39 is 11.7 Å². The predicted octanol–water partition coefficient (Wildman–Crippen LogP) is 3.30. The van der Waals surface area contributed by atoms with Crippen LogP contribution in [0.4, 0.5) is 26.1 Å². The van der Waals surface area contributed by atoms with Crippen molar-refractivity contribution in [2.45, 2.75) is 39.8 Å². The van der Waals surface area contributed by atoms with E-state index in [-0.39, 0.29) is 11.7 Å². The molecule has 32 heavy (non-hydrogen) atoms. The van der Waals surface area contributed by atoms with Gasteiger partial charge in [-0.3, -0.25) is 14.4 Å². The van der Waals surface area contributed by atoms with Gasteiger partial charge in [0.25, 0.3) is 0 Å². The molecule has 4 heterocycles. The quantitative estimate of drug-likeness (QED) is 0.625. The number of rotatable bonds is 5. The third-order valence-electron chi connectivity index (χ3n) is 4.98. The molecule has 1 aliphatic rings. The summed E-state index contributed by atoms with van der Waals surface area (Å²) in [5, 5.41) is 10.4. The summed E-state index contributed by atoms with van der Waals surface area (Å²) in [6.45, 7) is 6.20. The highest BCUT2D eigenvalue weighted by atomic mass is 19.3. The molecule has 0 bridgehead atoms. The number of carbonyl (C=O) groups is 1. The van der Waals surface area contributed by atoms with Crippen molar-refractivity contribution < 1.29 is 13.6 Å². The van der Waals surface area contributed by atoms with Gasteiger partial charge in [0.1, 0.15) is 11.6 Å². The van der Waals surface area contributed by atoms with Gasteiger partial charge in [-0.1, -0.05) is 0 Å². The molecule has 0 aromatic carbocycles. The lowest BCUT2D eigenvalue weighted by molar-refractivity contribution is -0.114. The standard InChI is InChI=1S/C21H24F2N8O/c1-12-7-19(28-20(25-12)21(3,22)23)27-16-9-18(26-13(2)32)24-10-15(16)17-8-14-11-30(4)5-6-31(14)29-17/h7-10H,5-6,11H2,1-4H3,(H2,24,25,26,27,28,32). The molecule has 3 aromatic heterocycles. The molecule has 0 spiro atoms. The maximum absolute atomic E-state index is 13.8. The molecule has 168 valence electrons. The van der Waals surface area contributed by atoms with Crippen molar-refractivity contribution in [2.75, 3.05) is 24.2 Å². The third-order valence-corrected chi connectivity index (χ3v) is 4.98. The molecule has 4 rings (SSSR count). The number of hydrogen-bond donors (Lipinski definition) is 2. The van der Waals surface area contributed by atoms with Gasteiger partial charge in [-0.05, 0) is 20.0 Å². The van der Waals surface area contributed by atoms with E-state index in [1.165, 1.54) is 6.92 Å². The second-order valence-corrected chi connectivity index (χ2v) is 8.01. The van der Waals surface area contributed by atoms with E-state index in [2.05, 4.69) is 30.5 Å². The number of aryl methyl sites for hydroxylation is 1. The summed E-state index contributed by atoms with van der Waals surface area (Å²) >= 11 is 0. The lowest BCUT2D eigenvalue weighted by Crippen LogP contribution is -2.30. The van der Waals surface area contributed by atoms with Gasteiger partial charge in [0.05, 0.1) is 23.6 Å². The van der Waals surface area contributed by atoms with Crippen LogP contribution in [-0.2, 0) is 23.8 Å². The molecule has 0 saturated carbocycles. The minimum Gasteiger partial charge on any atom is -0.339 e. The van der Waals surface area contributed by atoms with Gasteiger partial charge in [-0.25, -0.2) is 15.0 Å². The molecule has 0 radical (unpaired) electrons. The molecule has 11 heteroatoms. The Balaban J connectivity index is 1.76. The van der Waals surface area contributed by atoms with E-state index in [1.54, 1.807) is 25.3 Å². The Morgan fingerprint density at radius 2 is 1.94 bits per heavy atom. The number of aromatic nitrogens is 5. The molecule has 0 fully saturated rings. The zero-order chi connectivity index (χ0) is 23.0. The van der Waals surface area contributed by atoms with Gasteiger partial charge in [-0.15, -0.1) is 0 Å². The van der Waals surface area contributed by atoms with Crippen molar-refractivity contribution >= 4 is 23.2 Å². The zero-order valence-corrected chi connectivity index (χ0v) is 18.3. The van der Waals surface area contributed by atoms with Gasteiger partial charge in [0.15, 0.2) is 0 Å².